The maximum Gasteiger partial charge on any atom is 0.119 e. The molecule has 1 aromatic carbocycles. The molecule has 0 unspecified atom stereocenters. The summed E-state index contributed by atoms with van der Waals surface area (Å²) in [6.45, 7) is 6.68. The molecule has 1 N–H and O–H groups in total. The van der Waals surface area contributed by atoms with E-state index in [0.717, 1.165) is 43.8 Å². The number of nitrogens with zero attached hydrogens (tertiary/aromatic N) is 2. The zero-order valence-corrected chi connectivity index (χ0v) is 19.8. The monoisotopic (exact) mass is 434 g/mol. The number of rotatable bonds is 6. The molecule has 172 valence electrons. The first kappa shape index (κ1) is 21.9. The molecule has 0 saturated heterocycles. The van der Waals surface area contributed by atoms with E-state index in [4.69, 9.17) is 4.74 Å². The average Bonchev–Trinajstić information content (AvgIpc) is 3.10. The number of hydrogen-bond acceptors (Lipinski definition) is 4. The number of fused-ring (bicyclic) bond motifs is 5. The fraction of sp³-hybridized carbons (Fsp3) is 0.607. The predicted molar refractivity (Wildman–Crippen MR) is 128 cm³/mol. The fourth-order valence-electron chi connectivity index (χ4n) is 7.63. The van der Waals surface area contributed by atoms with Crippen molar-refractivity contribution >= 4 is 0 Å². The van der Waals surface area contributed by atoms with Crippen molar-refractivity contribution in [2.75, 3.05) is 20.2 Å². The Morgan fingerprint density at radius 3 is 2.84 bits per heavy atom. The van der Waals surface area contributed by atoms with Crippen molar-refractivity contribution in [2.45, 2.75) is 70.4 Å². The Morgan fingerprint density at radius 1 is 1.22 bits per heavy atom. The number of ether oxygens (including phenoxy) is 1. The molecule has 2 fully saturated rings. The number of aromatic nitrogens is 1. The van der Waals surface area contributed by atoms with Crippen LogP contribution in [0.1, 0.15) is 62.3 Å². The van der Waals surface area contributed by atoms with Crippen LogP contribution in [-0.4, -0.2) is 47.3 Å². The van der Waals surface area contributed by atoms with Gasteiger partial charge in [0.15, 0.2) is 0 Å². The molecule has 3 aliphatic rings. The van der Waals surface area contributed by atoms with Crippen molar-refractivity contribution in [2.24, 2.45) is 17.3 Å². The zero-order chi connectivity index (χ0) is 22.3. The highest BCUT2D eigenvalue weighted by Crippen LogP contribution is 2.62. The van der Waals surface area contributed by atoms with Crippen LogP contribution >= 0.6 is 0 Å². The normalized spacial score (nSPS) is 33.5. The minimum atomic E-state index is -0.232. The second-order valence-corrected chi connectivity index (χ2v) is 10.5. The van der Waals surface area contributed by atoms with Crippen molar-refractivity contribution in [3.05, 3.63) is 59.4 Å². The van der Waals surface area contributed by atoms with E-state index >= 15 is 0 Å². The first-order valence-electron chi connectivity index (χ1n) is 12.5. The number of benzene rings is 1. The van der Waals surface area contributed by atoms with Crippen molar-refractivity contribution in [3.63, 3.8) is 0 Å². The number of aryl methyl sites for hydroxylation is 1. The summed E-state index contributed by atoms with van der Waals surface area (Å²) in [6.07, 6.45) is 8.36. The van der Waals surface area contributed by atoms with E-state index < -0.39 is 0 Å². The van der Waals surface area contributed by atoms with Crippen LogP contribution < -0.4 is 4.74 Å². The number of methoxy groups -OCH3 is 1. The third kappa shape index (κ3) is 3.66. The van der Waals surface area contributed by atoms with Crippen LogP contribution in [0.2, 0.25) is 0 Å². The lowest BCUT2D eigenvalue weighted by atomic mass is 9.55. The molecule has 0 bridgehead atoms. The lowest BCUT2D eigenvalue weighted by Crippen LogP contribution is -2.53. The van der Waals surface area contributed by atoms with E-state index in [1.54, 1.807) is 12.7 Å². The molecule has 3 aliphatic carbocycles. The molecule has 0 spiro atoms. The van der Waals surface area contributed by atoms with E-state index in [9.17, 15) is 5.11 Å². The molecule has 1 aromatic heterocycles. The van der Waals surface area contributed by atoms with Gasteiger partial charge in [0, 0.05) is 30.9 Å². The summed E-state index contributed by atoms with van der Waals surface area (Å²) in [5.74, 6) is 2.90. The van der Waals surface area contributed by atoms with E-state index in [0.29, 0.717) is 17.8 Å². The standard InChI is InChI=1S/C28H38N2O2/c1-4-30(16-13-20-7-5-6-15-29-20)27-26(31)18-25-24-10-8-19-17-21(32-3)9-11-22(19)23(24)12-14-28(25,27)2/h5-7,9,11,15,17,23-27,31H,4,8,10,12-14,16,18H2,1-3H3/t23-,24-,25+,26+,27+,28+/m1/s1. The maximum absolute atomic E-state index is 11.4. The van der Waals surface area contributed by atoms with E-state index in [1.807, 2.05) is 12.3 Å². The molecule has 2 aromatic rings. The fourth-order valence-corrected chi connectivity index (χ4v) is 7.63. The number of aliphatic hydroxyl groups excluding tert-OH is 1. The summed E-state index contributed by atoms with van der Waals surface area (Å²) in [4.78, 5) is 7.08. The van der Waals surface area contributed by atoms with Crippen LogP contribution in [0.5, 0.6) is 5.75 Å². The Hall–Kier alpha value is -1.91. The SMILES string of the molecule is CCN(CCc1ccccn1)[C@H]1[C@@H](O)C[C@H]2[C@@H]3CCc4cc(OC)ccc4[C@H]3CC[C@]12C. The number of pyridine rings is 1. The van der Waals surface area contributed by atoms with Crippen molar-refractivity contribution in [1.29, 1.82) is 0 Å². The predicted octanol–water partition coefficient (Wildman–Crippen LogP) is 4.85. The van der Waals surface area contributed by atoms with Crippen LogP contribution in [0.15, 0.2) is 42.6 Å². The maximum atomic E-state index is 11.4. The third-order valence-corrected chi connectivity index (χ3v) is 9.09. The number of aliphatic hydroxyl groups is 1. The summed E-state index contributed by atoms with van der Waals surface area (Å²) >= 11 is 0. The molecular weight excluding hydrogens is 396 g/mol. The topological polar surface area (TPSA) is 45.6 Å². The van der Waals surface area contributed by atoms with Gasteiger partial charge in [-0.1, -0.05) is 26.0 Å². The van der Waals surface area contributed by atoms with Gasteiger partial charge in [-0.3, -0.25) is 9.88 Å². The molecule has 4 heteroatoms. The van der Waals surface area contributed by atoms with Gasteiger partial charge in [-0.25, -0.2) is 0 Å². The summed E-state index contributed by atoms with van der Waals surface area (Å²) in [7, 11) is 1.76. The van der Waals surface area contributed by atoms with Gasteiger partial charge in [0.1, 0.15) is 5.75 Å². The molecule has 0 amide bonds. The molecule has 5 rings (SSSR count). The molecule has 6 atom stereocenters. The highest BCUT2D eigenvalue weighted by atomic mass is 16.5. The molecule has 0 aliphatic heterocycles. The summed E-state index contributed by atoms with van der Waals surface area (Å²) < 4.78 is 5.48. The van der Waals surface area contributed by atoms with Gasteiger partial charge in [-0.2, -0.15) is 0 Å². The van der Waals surface area contributed by atoms with Crippen LogP contribution in [0.4, 0.5) is 0 Å². The second kappa shape index (κ2) is 8.79. The molecule has 1 heterocycles. The minimum absolute atomic E-state index is 0.185. The zero-order valence-electron chi connectivity index (χ0n) is 19.8. The molecule has 0 radical (unpaired) electrons. The second-order valence-electron chi connectivity index (χ2n) is 10.5. The van der Waals surface area contributed by atoms with Crippen LogP contribution in [-0.2, 0) is 12.8 Å². The van der Waals surface area contributed by atoms with E-state index in [2.05, 4.69) is 54.1 Å². The Labute approximate surface area is 193 Å². The van der Waals surface area contributed by atoms with Crippen LogP contribution in [0.3, 0.4) is 0 Å². The molecule has 32 heavy (non-hydrogen) atoms. The highest BCUT2D eigenvalue weighted by Gasteiger charge is 2.59. The summed E-state index contributed by atoms with van der Waals surface area (Å²) in [5, 5.41) is 11.4. The highest BCUT2D eigenvalue weighted by molar-refractivity contribution is 5.40. The number of hydrogen-bond donors (Lipinski definition) is 1. The van der Waals surface area contributed by atoms with Gasteiger partial charge < -0.3 is 9.84 Å². The van der Waals surface area contributed by atoms with E-state index in [1.165, 1.54) is 24.8 Å². The first-order chi connectivity index (χ1) is 15.5. The minimum Gasteiger partial charge on any atom is -0.497 e. The van der Waals surface area contributed by atoms with E-state index in [-0.39, 0.29) is 17.6 Å². The van der Waals surface area contributed by atoms with Gasteiger partial charge in [-0.15, -0.1) is 0 Å². The lowest BCUT2D eigenvalue weighted by Gasteiger charge is -2.52. The van der Waals surface area contributed by atoms with Crippen LogP contribution in [0.25, 0.3) is 0 Å². The molecule has 4 nitrogen and oxygen atoms in total. The molecule has 2 saturated carbocycles. The Balaban J connectivity index is 1.37. The summed E-state index contributed by atoms with van der Waals surface area (Å²) in [5.41, 5.74) is 4.35. The average molecular weight is 435 g/mol. The van der Waals surface area contributed by atoms with Gasteiger partial charge in [0.25, 0.3) is 0 Å². The smallest absolute Gasteiger partial charge is 0.119 e. The van der Waals surface area contributed by atoms with Gasteiger partial charge in [0.05, 0.1) is 13.2 Å². The Kier molecular flexibility index (Phi) is 6.02. The largest absolute Gasteiger partial charge is 0.497 e. The van der Waals surface area contributed by atoms with Gasteiger partial charge in [0.2, 0.25) is 0 Å². The third-order valence-electron chi connectivity index (χ3n) is 9.09. The van der Waals surface area contributed by atoms with Gasteiger partial charge >= 0.3 is 0 Å². The Bertz CT molecular complexity index is 932. The molecular formula is C28H38N2O2. The lowest BCUT2D eigenvalue weighted by molar-refractivity contribution is -0.0192. The van der Waals surface area contributed by atoms with Crippen molar-refractivity contribution in [3.8, 4) is 5.75 Å². The van der Waals surface area contributed by atoms with Crippen molar-refractivity contribution in [1.82, 2.24) is 9.88 Å². The van der Waals surface area contributed by atoms with Crippen LogP contribution in [0, 0.1) is 17.3 Å². The quantitative estimate of drug-likeness (QED) is 0.706. The summed E-state index contributed by atoms with van der Waals surface area (Å²) in [6, 6.07) is 13.1. The van der Waals surface area contributed by atoms with Crippen molar-refractivity contribution < 1.29 is 9.84 Å². The van der Waals surface area contributed by atoms with Gasteiger partial charge in [-0.05, 0) is 97.2 Å². The first-order valence-corrected chi connectivity index (χ1v) is 12.5. The number of likely N-dealkylation sites (N-methyl/N-ethyl adjacent to an activating group) is 1. The Morgan fingerprint density at radius 2 is 2.09 bits per heavy atom.